The summed E-state index contributed by atoms with van der Waals surface area (Å²) in [6.45, 7) is 26.8. The van der Waals surface area contributed by atoms with E-state index in [2.05, 4.69) is 209 Å². The number of H-pyrrole nitrogens is 2. The van der Waals surface area contributed by atoms with Crippen LogP contribution in [0.1, 0.15) is 273 Å². The molecule has 7 heterocycles. The van der Waals surface area contributed by atoms with Gasteiger partial charge in [-0.1, -0.05) is 151 Å². The van der Waals surface area contributed by atoms with E-state index in [0.717, 1.165) is 209 Å². The van der Waals surface area contributed by atoms with Crippen molar-refractivity contribution in [3.05, 3.63) is 229 Å². The van der Waals surface area contributed by atoms with Crippen LogP contribution in [0.4, 0.5) is 11.4 Å². The summed E-state index contributed by atoms with van der Waals surface area (Å²) in [5, 5.41) is 11.0. The number of amides is 2. The SMILES string of the molecule is CCCCCCOC(C)c1c(C)c2cc3nc(c4c5[nH]c(cc6nc(cc1[nH]2)C(C)=C6CC)c(C)c5C(=O)C4)[C@@H](CCC(=O)NCCCCCCNC(=O)c1cccc(SC2=C(/C=C/C4=[N+](CCCCS(=O)(=O)[O-])c5ccc6ccccc6c5C4(C)C)CCC/C2=C\C=C2\N(CCCCS(=O)(=O)O)c4ccc5ccccc5c4C2(C)C)c1)[C@@H]3C. The first kappa shape index (κ1) is 86.0. The Bertz CT molecular complexity index is 5930. The zero-order chi connectivity index (χ0) is 84.2. The standard InChI is InChI=1S/C98H116N8O10S3/c1-12-14-15-26-53-116-65(7)89-63(5)79-58-78-62(4)73(93(103-78)76-57-85(107)90-64(6)80(104-94(76)90)59-81-72(13-2)61(3)77(101-81)60-82(89)102-79)43-48-88(108)99-49-22-16-17-23-50-100-96(109)70-35-30-36-71(56-70)117-95-68(41-46-86-97(8,9)91-74-37-20-18-31-66(74)39-44-83(91)105(86)51-24-27-54-118(110,111)112)33-29-34-69(95)42-47-87-98(10,11)92-75-38-21-19-32-67(75)40-45-84(92)106(87)52-25-28-55-119(113,114)115/h18-21,30-32,35-42,44-47,56,58-60,62,65,73H,12-17,22-29,33-34,43,48-55,57H2,1-11H3,(H5-,99,100,101,102,103,104,107,108,109,110,111,112,113,114,115)/t62-,65?,73-/m0/s1. The Kier molecular flexibility index (Phi) is 26.4. The second-order valence-corrected chi connectivity index (χ2v) is 38.6. The van der Waals surface area contributed by atoms with E-state index in [4.69, 9.17) is 14.7 Å². The number of allylic oxidation sites excluding steroid dienone is 9. The van der Waals surface area contributed by atoms with E-state index in [1.54, 1.807) is 11.8 Å². The average Bonchev–Trinajstić information content (AvgIpc) is 1.58. The van der Waals surface area contributed by atoms with Crippen LogP contribution >= 0.6 is 11.8 Å². The van der Waals surface area contributed by atoms with Crippen molar-refractivity contribution in [3.63, 3.8) is 0 Å². The smallest absolute Gasteiger partial charge is 0.264 e. The maximum absolute atomic E-state index is 14.2. The van der Waals surface area contributed by atoms with Gasteiger partial charge >= 0.3 is 0 Å². The average molecular weight is 1660 g/mol. The highest BCUT2D eigenvalue weighted by molar-refractivity contribution is 8.03. The summed E-state index contributed by atoms with van der Waals surface area (Å²) in [7, 11) is -8.53. The number of carbonyl (C=O) groups excluding carboxylic acids is 3. The monoisotopic (exact) mass is 1660 g/mol. The molecule has 14 rings (SSSR count). The molecular weight excluding hydrogens is 1550 g/mol. The molecule has 8 aromatic rings. The fraction of sp³-hybridized carbons (Fsp3) is 0.429. The molecule has 626 valence electrons. The van der Waals surface area contributed by atoms with Crippen molar-refractivity contribution < 1.29 is 49.6 Å². The normalized spacial score (nSPS) is 18.0. The molecule has 0 radical (unpaired) electrons. The van der Waals surface area contributed by atoms with Gasteiger partial charge in [0.15, 0.2) is 11.5 Å². The first-order valence-corrected chi connectivity index (χ1v) is 47.2. The molecule has 0 spiro atoms. The molecule has 5 aromatic carbocycles. The van der Waals surface area contributed by atoms with Gasteiger partial charge in [0.25, 0.3) is 16.0 Å². The number of ether oxygens (including phenoxy) is 1. The largest absolute Gasteiger partial charge is 0.748 e. The molecule has 2 amide bonds. The molecule has 0 saturated heterocycles. The number of nitrogens with zero attached hydrogens (tertiary/aromatic N) is 4. The number of rotatable bonds is 34. The van der Waals surface area contributed by atoms with E-state index >= 15 is 0 Å². The lowest BCUT2D eigenvalue weighted by Crippen LogP contribution is -2.28. The van der Waals surface area contributed by atoms with Gasteiger partial charge in [-0.3, -0.25) is 23.9 Å². The number of aryl methyl sites for hydroxylation is 2. The molecule has 18 nitrogen and oxygen atoms in total. The zero-order valence-electron chi connectivity index (χ0n) is 71.0. The fourth-order valence-electron chi connectivity index (χ4n) is 19.3. The van der Waals surface area contributed by atoms with Crippen LogP contribution in [-0.4, -0.2) is 118 Å². The number of carbonyl (C=O) groups is 3. The quantitative estimate of drug-likeness (QED) is 0.0143. The number of ketones is 1. The van der Waals surface area contributed by atoms with Gasteiger partial charge in [-0.25, -0.2) is 13.4 Å². The molecule has 0 fully saturated rings. The predicted molar refractivity (Wildman–Crippen MR) is 483 cm³/mol. The Balaban J connectivity index is 0.665. The van der Waals surface area contributed by atoms with Crippen molar-refractivity contribution in [2.45, 2.75) is 232 Å². The topological polar surface area (TPSA) is 260 Å². The summed E-state index contributed by atoms with van der Waals surface area (Å²) >= 11 is 1.65. The van der Waals surface area contributed by atoms with Gasteiger partial charge < -0.3 is 34.8 Å². The van der Waals surface area contributed by atoms with Gasteiger partial charge in [0.05, 0.1) is 50.0 Å². The number of nitrogens with one attached hydrogen (secondary N) is 4. The van der Waals surface area contributed by atoms with Crippen LogP contribution < -0.4 is 15.5 Å². The first-order chi connectivity index (χ1) is 57.0. The van der Waals surface area contributed by atoms with Crippen molar-refractivity contribution in [2.24, 2.45) is 0 Å². The van der Waals surface area contributed by atoms with Gasteiger partial charge in [-0.05, 0) is 227 Å². The lowest BCUT2D eigenvalue weighted by molar-refractivity contribution is -0.438. The minimum atomic E-state index is -4.39. The molecule has 1 unspecified atom stereocenters. The highest BCUT2D eigenvalue weighted by Gasteiger charge is 2.46. The number of aromatic nitrogens is 4. The van der Waals surface area contributed by atoms with Crippen molar-refractivity contribution in [1.82, 2.24) is 30.6 Å². The summed E-state index contributed by atoms with van der Waals surface area (Å²) in [6.07, 6.45) is 22.5. The van der Waals surface area contributed by atoms with Crippen LogP contribution in [0.25, 0.3) is 54.8 Å². The van der Waals surface area contributed by atoms with Crippen molar-refractivity contribution in [1.29, 1.82) is 0 Å². The number of hydrogen-bond acceptors (Lipinski definition) is 13. The van der Waals surface area contributed by atoms with Crippen LogP contribution in [-0.2, 0) is 47.0 Å². The Hall–Kier alpha value is -9.35. The van der Waals surface area contributed by atoms with Gasteiger partial charge in [0.1, 0.15) is 6.54 Å². The van der Waals surface area contributed by atoms with E-state index < -0.39 is 36.8 Å². The third kappa shape index (κ3) is 18.6. The van der Waals surface area contributed by atoms with Crippen LogP contribution in [0.15, 0.2) is 166 Å². The van der Waals surface area contributed by atoms with Crippen molar-refractivity contribution in [3.8, 4) is 0 Å². The van der Waals surface area contributed by atoms with E-state index in [9.17, 15) is 40.3 Å². The Morgan fingerprint density at radius 2 is 1.45 bits per heavy atom. The van der Waals surface area contributed by atoms with Gasteiger partial charge in [-0.2, -0.15) is 13.0 Å². The summed E-state index contributed by atoms with van der Waals surface area (Å²) < 4.78 is 78.0. The van der Waals surface area contributed by atoms with Gasteiger partial charge in [0.2, 0.25) is 11.6 Å². The molecule has 6 aliphatic rings. The third-order valence-electron chi connectivity index (χ3n) is 25.6. The van der Waals surface area contributed by atoms with E-state index in [1.807, 2.05) is 37.3 Å². The molecule has 21 heteroatoms. The number of thioether (sulfide) groups is 1. The minimum absolute atomic E-state index is 0.0241. The van der Waals surface area contributed by atoms with Crippen LogP contribution in [0.5, 0.6) is 0 Å². The second kappa shape index (κ2) is 36.5. The van der Waals surface area contributed by atoms with Crippen LogP contribution in [0.3, 0.4) is 0 Å². The molecule has 3 atom stereocenters. The summed E-state index contributed by atoms with van der Waals surface area (Å²) in [6, 6.07) is 39.7. The highest BCUT2D eigenvalue weighted by atomic mass is 32.2. The number of hydrogen-bond donors (Lipinski definition) is 5. The van der Waals surface area contributed by atoms with E-state index in [-0.39, 0.29) is 54.1 Å². The summed E-state index contributed by atoms with van der Waals surface area (Å²) in [4.78, 5) is 64.9. The molecule has 119 heavy (non-hydrogen) atoms. The van der Waals surface area contributed by atoms with E-state index in [0.29, 0.717) is 76.0 Å². The predicted octanol–water partition coefficient (Wildman–Crippen LogP) is 21.5. The second-order valence-electron chi connectivity index (χ2n) is 34.4. The number of anilines is 1. The lowest BCUT2D eigenvalue weighted by Gasteiger charge is -2.28. The first-order valence-electron chi connectivity index (χ1n) is 43.2. The number of aromatic amines is 2. The molecule has 5 N–H and O–H groups in total. The highest BCUT2D eigenvalue weighted by Crippen LogP contribution is 2.53. The molecular formula is C98H116N8O10S3. The number of benzene rings is 5. The van der Waals surface area contributed by atoms with Gasteiger partial charge in [-0.15, -0.1) is 0 Å². The Labute approximate surface area is 706 Å². The zero-order valence-corrected chi connectivity index (χ0v) is 73.5. The van der Waals surface area contributed by atoms with Gasteiger partial charge in [0, 0.05) is 152 Å². The molecule has 0 saturated carbocycles. The van der Waals surface area contributed by atoms with Crippen molar-refractivity contribution >= 4 is 121 Å². The maximum atomic E-state index is 14.2. The van der Waals surface area contributed by atoms with Crippen LogP contribution in [0.2, 0.25) is 0 Å². The third-order valence-corrected chi connectivity index (χ3v) is 28.4. The molecule has 2 aliphatic carbocycles. The van der Waals surface area contributed by atoms with Crippen LogP contribution in [0, 0.1) is 13.8 Å². The van der Waals surface area contributed by atoms with Crippen molar-refractivity contribution in [2.75, 3.05) is 49.2 Å². The maximum Gasteiger partial charge on any atom is 0.264 e. The number of unbranched alkanes of at least 4 members (excludes halogenated alkanes) is 8. The minimum Gasteiger partial charge on any atom is -0.748 e. The number of Topliss-reactive ketones (excluding diaryl/α,β-unsaturated/α-hetero) is 1. The molecule has 3 aromatic heterocycles. The summed E-state index contributed by atoms with van der Waals surface area (Å²) in [5.74, 6) is -1.03. The molecule has 8 bridgehead atoms. The summed E-state index contributed by atoms with van der Waals surface area (Å²) in [5.41, 5.74) is 22.7. The fourth-order valence-corrected chi connectivity index (χ4v) is 21.6. The van der Waals surface area contributed by atoms with E-state index in [1.165, 1.54) is 23.1 Å². The molecule has 4 aliphatic heterocycles. The Morgan fingerprint density at radius 1 is 0.739 bits per heavy atom. The lowest BCUT2D eigenvalue weighted by atomic mass is 9.78. The Morgan fingerprint density at radius 3 is 2.18 bits per heavy atom. The number of fused-ring (bicyclic) bond motifs is 14.